The van der Waals surface area contributed by atoms with Gasteiger partial charge in [0.2, 0.25) is 5.88 Å². The van der Waals surface area contributed by atoms with Gasteiger partial charge in [0.15, 0.2) is 0 Å². The number of hydrogen-bond acceptors (Lipinski definition) is 3. The second-order valence-corrected chi connectivity index (χ2v) is 7.91. The molecule has 6 heteroatoms. The van der Waals surface area contributed by atoms with Gasteiger partial charge >= 0.3 is 0 Å². The summed E-state index contributed by atoms with van der Waals surface area (Å²) in [6.45, 7) is 4.39. The van der Waals surface area contributed by atoms with Crippen LogP contribution in [-0.2, 0) is 4.74 Å². The summed E-state index contributed by atoms with van der Waals surface area (Å²) < 4.78 is 33.8. The van der Waals surface area contributed by atoms with Gasteiger partial charge in [-0.25, -0.2) is 8.78 Å². The van der Waals surface area contributed by atoms with Crippen molar-refractivity contribution < 1.29 is 18.4 Å². The SMILES string of the molecule is CCC[NH+]1CC2=C(OC(N)=C(C#N)[C@H]2c2cccc(F)c2)/C(=C\c2cccc(F)c2)C1. The van der Waals surface area contributed by atoms with Crippen LogP contribution in [0.1, 0.15) is 30.4 Å². The summed E-state index contributed by atoms with van der Waals surface area (Å²) in [4.78, 5) is 1.30. The van der Waals surface area contributed by atoms with Crippen LogP contribution in [0.15, 0.2) is 76.9 Å². The molecule has 0 bridgehead atoms. The van der Waals surface area contributed by atoms with E-state index >= 15 is 0 Å². The quantitative estimate of drug-likeness (QED) is 0.797. The first-order chi connectivity index (χ1) is 15.0. The Hall–Kier alpha value is -3.43. The van der Waals surface area contributed by atoms with Crippen molar-refractivity contribution in [1.29, 1.82) is 5.26 Å². The molecule has 2 aliphatic heterocycles. The lowest BCUT2D eigenvalue weighted by Gasteiger charge is -2.36. The molecule has 3 N–H and O–H groups in total. The molecule has 4 rings (SSSR count). The number of rotatable bonds is 4. The van der Waals surface area contributed by atoms with Crippen LogP contribution in [0, 0.1) is 23.0 Å². The van der Waals surface area contributed by atoms with Gasteiger partial charge in [0.1, 0.15) is 42.1 Å². The van der Waals surface area contributed by atoms with Crippen molar-refractivity contribution in [2.75, 3.05) is 19.6 Å². The highest BCUT2D eigenvalue weighted by molar-refractivity contribution is 5.62. The molecule has 0 aliphatic carbocycles. The Balaban J connectivity index is 1.88. The molecule has 4 nitrogen and oxygen atoms in total. The second kappa shape index (κ2) is 8.75. The summed E-state index contributed by atoms with van der Waals surface area (Å²) in [5.74, 6) is -0.529. The molecular weight excluding hydrogens is 396 g/mol. The maximum Gasteiger partial charge on any atom is 0.205 e. The van der Waals surface area contributed by atoms with Crippen LogP contribution >= 0.6 is 0 Å². The zero-order chi connectivity index (χ0) is 22.0. The Morgan fingerprint density at radius 2 is 1.90 bits per heavy atom. The van der Waals surface area contributed by atoms with Gasteiger partial charge in [-0.05, 0) is 47.9 Å². The summed E-state index contributed by atoms with van der Waals surface area (Å²) in [6.07, 6.45) is 2.89. The molecule has 2 heterocycles. The van der Waals surface area contributed by atoms with Crippen LogP contribution in [0.2, 0.25) is 0 Å². The largest absolute Gasteiger partial charge is 0.440 e. The Bertz CT molecular complexity index is 1140. The fraction of sp³-hybridized carbons (Fsp3) is 0.240. The first-order valence-electron chi connectivity index (χ1n) is 10.4. The minimum atomic E-state index is -0.479. The highest BCUT2D eigenvalue weighted by Gasteiger charge is 2.39. The molecule has 31 heavy (non-hydrogen) atoms. The number of allylic oxidation sites excluding steroid dienone is 1. The molecule has 2 atom stereocenters. The number of nitrogens with zero attached hydrogens (tertiary/aromatic N) is 1. The number of nitrogens with one attached hydrogen (secondary N) is 1. The molecular formula is C25H24F2N3O+. The van der Waals surface area contributed by atoms with Crippen LogP contribution in [0.3, 0.4) is 0 Å². The van der Waals surface area contributed by atoms with Crippen LogP contribution in [-0.4, -0.2) is 19.6 Å². The Kier molecular flexibility index (Phi) is 5.88. The van der Waals surface area contributed by atoms with Gasteiger partial charge in [-0.1, -0.05) is 31.2 Å². The lowest BCUT2D eigenvalue weighted by molar-refractivity contribution is -0.892. The third-order valence-electron chi connectivity index (χ3n) is 5.67. The Morgan fingerprint density at radius 3 is 2.58 bits per heavy atom. The first kappa shape index (κ1) is 20.8. The number of ether oxygens (including phenoxy) is 1. The Morgan fingerprint density at radius 1 is 1.16 bits per heavy atom. The molecule has 0 aromatic heterocycles. The molecule has 2 aromatic rings. The number of hydrogen-bond donors (Lipinski definition) is 2. The van der Waals surface area contributed by atoms with Gasteiger partial charge in [-0.2, -0.15) is 5.26 Å². The van der Waals surface area contributed by atoms with Crippen molar-refractivity contribution in [2.45, 2.75) is 19.3 Å². The molecule has 0 saturated heterocycles. The number of halogens is 2. The molecule has 0 saturated carbocycles. The molecule has 2 aliphatic rings. The van der Waals surface area contributed by atoms with Crippen LogP contribution in [0.25, 0.3) is 6.08 Å². The van der Waals surface area contributed by atoms with Crippen LogP contribution in [0.5, 0.6) is 0 Å². The fourth-order valence-corrected chi connectivity index (χ4v) is 4.43. The zero-order valence-corrected chi connectivity index (χ0v) is 17.3. The van der Waals surface area contributed by atoms with Crippen molar-refractivity contribution in [2.24, 2.45) is 5.73 Å². The van der Waals surface area contributed by atoms with E-state index in [9.17, 15) is 14.0 Å². The standard InChI is InChI=1S/C25H23F2N3O/c1-2-9-30-14-18(10-16-5-3-7-19(26)11-16)24-22(15-30)23(21(13-28)25(29)31-24)17-6-4-8-20(27)12-17/h3-8,10-12,23H,2,9,14-15,29H2,1H3/p+1/b18-10-/t23-/m1/s1. The maximum atomic E-state index is 14.0. The smallest absolute Gasteiger partial charge is 0.205 e. The molecule has 0 radical (unpaired) electrons. The summed E-state index contributed by atoms with van der Waals surface area (Å²) >= 11 is 0. The second-order valence-electron chi connectivity index (χ2n) is 7.91. The van der Waals surface area contributed by atoms with E-state index in [2.05, 4.69) is 13.0 Å². The van der Waals surface area contributed by atoms with Gasteiger partial charge in [0.25, 0.3) is 0 Å². The first-order valence-corrected chi connectivity index (χ1v) is 10.4. The van der Waals surface area contributed by atoms with Gasteiger partial charge in [-0.3, -0.25) is 0 Å². The summed E-state index contributed by atoms with van der Waals surface area (Å²) in [6, 6.07) is 14.8. The van der Waals surface area contributed by atoms with E-state index in [1.807, 2.05) is 12.1 Å². The van der Waals surface area contributed by atoms with Gasteiger partial charge in [0.05, 0.1) is 12.5 Å². The van der Waals surface area contributed by atoms with Crippen molar-refractivity contribution in [3.05, 3.63) is 99.7 Å². The number of nitrogens with two attached hydrogens (primary N) is 1. The van der Waals surface area contributed by atoms with Gasteiger partial charge in [-0.15, -0.1) is 0 Å². The van der Waals surface area contributed by atoms with E-state index in [0.717, 1.165) is 29.7 Å². The number of benzene rings is 2. The third-order valence-corrected chi connectivity index (χ3v) is 5.67. The fourth-order valence-electron chi connectivity index (χ4n) is 4.43. The number of nitriles is 1. The van der Waals surface area contributed by atoms with Crippen molar-refractivity contribution in [1.82, 2.24) is 0 Å². The highest BCUT2D eigenvalue weighted by atomic mass is 19.1. The van der Waals surface area contributed by atoms with E-state index in [0.29, 0.717) is 24.4 Å². The average molecular weight is 420 g/mol. The average Bonchev–Trinajstić information content (AvgIpc) is 2.73. The lowest BCUT2D eigenvalue weighted by atomic mass is 9.80. The molecule has 2 aromatic carbocycles. The molecule has 158 valence electrons. The predicted octanol–water partition coefficient (Wildman–Crippen LogP) is 3.42. The Labute approximate surface area is 180 Å². The van der Waals surface area contributed by atoms with E-state index in [-0.39, 0.29) is 23.1 Å². The van der Waals surface area contributed by atoms with Gasteiger partial charge in [0, 0.05) is 11.1 Å². The third kappa shape index (κ3) is 4.23. The molecule has 0 spiro atoms. The van der Waals surface area contributed by atoms with Crippen molar-refractivity contribution in [3.8, 4) is 6.07 Å². The molecule has 1 unspecified atom stereocenters. The minimum absolute atomic E-state index is 0.0274. The summed E-state index contributed by atoms with van der Waals surface area (Å²) in [5, 5.41) is 9.81. The number of quaternary nitrogens is 1. The highest BCUT2D eigenvalue weighted by Crippen LogP contribution is 2.41. The van der Waals surface area contributed by atoms with Crippen molar-refractivity contribution >= 4 is 6.08 Å². The van der Waals surface area contributed by atoms with Crippen molar-refractivity contribution in [3.63, 3.8) is 0 Å². The van der Waals surface area contributed by atoms with E-state index in [1.54, 1.807) is 18.2 Å². The lowest BCUT2D eigenvalue weighted by Crippen LogP contribution is -3.13. The van der Waals surface area contributed by atoms with Crippen LogP contribution < -0.4 is 10.6 Å². The topological polar surface area (TPSA) is 63.5 Å². The van der Waals surface area contributed by atoms with E-state index < -0.39 is 5.92 Å². The maximum absolute atomic E-state index is 14.0. The molecule has 0 fully saturated rings. The monoisotopic (exact) mass is 420 g/mol. The summed E-state index contributed by atoms with van der Waals surface area (Å²) in [5.41, 5.74) is 9.60. The van der Waals surface area contributed by atoms with E-state index in [1.165, 1.54) is 29.2 Å². The summed E-state index contributed by atoms with van der Waals surface area (Å²) in [7, 11) is 0. The molecule has 0 amide bonds. The van der Waals surface area contributed by atoms with E-state index in [4.69, 9.17) is 10.5 Å². The van der Waals surface area contributed by atoms with Gasteiger partial charge < -0.3 is 15.4 Å². The zero-order valence-electron chi connectivity index (χ0n) is 17.3. The van der Waals surface area contributed by atoms with Crippen LogP contribution in [0.4, 0.5) is 8.78 Å². The predicted molar refractivity (Wildman–Crippen MR) is 114 cm³/mol. The normalized spacial score (nSPS) is 22.2. The minimum Gasteiger partial charge on any atom is -0.440 e.